The number of aromatic nitrogens is 1. The number of ether oxygens (including phenoxy) is 2. The largest absolute Gasteiger partial charge is 0.496 e. The van der Waals surface area contributed by atoms with Crippen molar-refractivity contribution in [2.24, 2.45) is 5.41 Å². The van der Waals surface area contributed by atoms with Crippen LogP contribution in [0.4, 0.5) is 4.39 Å². The molecule has 1 aliphatic carbocycles. The number of carbonyl (C=O) groups excluding carboxylic acids is 1. The summed E-state index contributed by atoms with van der Waals surface area (Å²) in [6.07, 6.45) is 5.16. The number of nitrogens with one attached hydrogen (secondary N) is 1. The van der Waals surface area contributed by atoms with E-state index < -0.39 is 5.67 Å². The van der Waals surface area contributed by atoms with Crippen LogP contribution in [-0.2, 0) is 11.3 Å². The first-order valence-corrected chi connectivity index (χ1v) is 11.6. The predicted molar refractivity (Wildman–Crippen MR) is 126 cm³/mol. The van der Waals surface area contributed by atoms with Gasteiger partial charge in [-0.1, -0.05) is 12.1 Å². The van der Waals surface area contributed by atoms with Gasteiger partial charge in [-0.3, -0.25) is 9.69 Å². The molecule has 5 rings (SSSR count). The van der Waals surface area contributed by atoms with Gasteiger partial charge in [0.1, 0.15) is 17.2 Å². The van der Waals surface area contributed by atoms with Crippen LogP contribution in [0, 0.1) is 12.3 Å². The summed E-state index contributed by atoms with van der Waals surface area (Å²) in [4.78, 5) is 16.6. The monoisotopic (exact) mass is 450 g/mol. The van der Waals surface area contributed by atoms with Crippen LogP contribution >= 0.6 is 0 Å². The lowest BCUT2D eigenvalue weighted by atomic mass is 9.55. The number of hydrogen-bond acceptors (Lipinski definition) is 4. The Hall–Kier alpha value is -2.86. The molecule has 2 heterocycles. The average Bonchev–Trinajstić information content (AvgIpc) is 3.27. The molecule has 0 bridgehead atoms. The molecule has 1 saturated carbocycles. The van der Waals surface area contributed by atoms with Crippen LogP contribution in [0.25, 0.3) is 10.9 Å². The van der Waals surface area contributed by atoms with Gasteiger partial charge in [0.05, 0.1) is 7.11 Å². The Kier molecular flexibility index (Phi) is 5.44. The zero-order valence-corrected chi connectivity index (χ0v) is 19.5. The van der Waals surface area contributed by atoms with Gasteiger partial charge in [0.25, 0.3) is 6.47 Å². The molecule has 1 saturated heterocycles. The summed E-state index contributed by atoms with van der Waals surface area (Å²) in [5, 5.41) is 1.18. The molecule has 1 atom stereocenters. The predicted octanol–water partition coefficient (Wildman–Crippen LogP) is 5.87. The van der Waals surface area contributed by atoms with Crippen LogP contribution < -0.4 is 9.47 Å². The van der Waals surface area contributed by atoms with E-state index in [1.165, 1.54) is 10.9 Å². The van der Waals surface area contributed by atoms with Crippen LogP contribution in [0.5, 0.6) is 11.5 Å². The van der Waals surface area contributed by atoms with E-state index in [1.807, 2.05) is 30.5 Å². The van der Waals surface area contributed by atoms with Gasteiger partial charge in [-0.2, -0.15) is 0 Å². The molecule has 33 heavy (non-hydrogen) atoms. The topological polar surface area (TPSA) is 54.6 Å². The standard InChI is InChI=1S/C27H31FN2O3/c1-18-12-24(32-3)22(21-8-10-29-25(18)21)14-30-11-9-27(15-26(2,28)16-27)13-23(30)19-4-6-20(7-5-19)33-17-31/h4-8,10,12,17,23,29H,9,11,13-16H2,1-3H3/t23-,26?,27?/m0/s1. The summed E-state index contributed by atoms with van der Waals surface area (Å²) in [6, 6.07) is 12.1. The number of methoxy groups -OCH3 is 1. The molecule has 2 aliphatic rings. The third kappa shape index (κ3) is 4.01. The van der Waals surface area contributed by atoms with Crippen molar-refractivity contribution in [3.8, 4) is 11.5 Å². The molecule has 0 amide bonds. The molecular weight excluding hydrogens is 419 g/mol. The summed E-state index contributed by atoms with van der Waals surface area (Å²) >= 11 is 0. The highest BCUT2D eigenvalue weighted by molar-refractivity contribution is 5.88. The summed E-state index contributed by atoms with van der Waals surface area (Å²) in [7, 11) is 1.72. The van der Waals surface area contributed by atoms with Crippen LogP contribution in [-0.4, -0.2) is 35.7 Å². The fraction of sp³-hybridized carbons (Fsp3) is 0.444. The molecule has 2 fully saturated rings. The van der Waals surface area contributed by atoms with Gasteiger partial charge in [-0.05, 0) is 86.9 Å². The van der Waals surface area contributed by atoms with Crippen LogP contribution in [0.1, 0.15) is 55.3 Å². The van der Waals surface area contributed by atoms with Gasteiger partial charge >= 0.3 is 0 Å². The number of piperidine rings is 1. The van der Waals surface area contributed by atoms with E-state index in [2.05, 4.69) is 28.9 Å². The maximum absolute atomic E-state index is 14.5. The van der Waals surface area contributed by atoms with Crippen molar-refractivity contribution in [3.05, 3.63) is 59.3 Å². The second-order valence-corrected chi connectivity index (χ2v) is 10.1. The zero-order chi connectivity index (χ0) is 23.2. The first-order chi connectivity index (χ1) is 15.8. The van der Waals surface area contributed by atoms with Crippen molar-refractivity contribution in [1.82, 2.24) is 9.88 Å². The molecule has 1 aliphatic heterocycles. The number of likely N-dealkylation sites (tertiary alicyclic amines) is 1. The van der Waals surface area contributed by atoms with E-state index in [0.717, 1.165) is 48.3 Å². The Bertz CT molecular complexity index is 1160. The SMILES string of the molecule is COc1cc(C)c2[nH]ccc2c1CN1CCC2(C[C@H]1c1ccc(OC=O)cc1)CC(C)(F)C2. The summed E-state index contributed by atoms with van der Waals surface area (Å²) < 4.78 is 25.3. The number of alkyl halides is 1. The maximum Gasteiger partial charge on any atom is 0.298 e. The van der Waals surface area contributed by atoms with Gasteiger partial charge < -0.3 is 14.5 Å². The number of aryl methyl sites for hydroxylation is 1. The second kappa shape index (κ2) is 8.17. The molecule has 6 heteroatoms. The lowest BCUT2D eigenvalue weighted by Gasteiger charge is -2.56. The van der Waals surface area contributed by atoms with Crippen molar-refractivity contribution < 1.29 is 18.7 Å². The lowest BCUT2D eigenvalue weighted by molar-refractivity contribution is -0.120. The highest BCUT2D eigenvalue weighted by atomic mass is 19.1. The molecule has 1 aromatic heterocycles. The van der Waals surface area contributed by atoms with Crippen LogP contribution in [0.3, 0.4) is 0 Å². The number of benzene rings is 2. The van der Waals surface area contributed by atoms with Gasteiger partial charge in [-0.25, -0.2) is 4.39 Å². The first-order valence-electron chi connectivity index (χ1n) is 11.6. The number of halogens is 1. The van der Waals surface area contributed by atoms with E-state index in [-0.39, 0.29) is 11.5 Å². The number of fused-ring (bicyclic) bond motifs is 1. The van der Waals surface area contributed by atoms with E-state index in [1.54, 1.807) is 14.0 Å². The minimum atomic E-state index is -1.05. The average molecular weight is 451 g/mol. The fourth-order valence-corrected chi connectivity index (χ4v) is 6.34. The molecule has 1 spiro atoms. The number of carbonyl (C=O) groups is 1. The van der Waals surface area contributed by atoms with Crippen molar-refractivity contribution in [2.45, 2.75) is 57.8 Å². The fourth-order valence-electron chi connectivity index (χ4n) is 6.34. The normalized spacial score (nSPS) is 27.5. The molecule has 2 aromatic carbocycles. The Balaban J connectivity index is 1.49. The van der Waals surface area contributed by atoms with Gasteiger partial charge in [0.15, 0.2) is 0 Å². The number of rotatable bonds is 6. The van der Waals surface area contributed by atoms with Gasteiger partial charge in [0.2, 0.25) is 0 Å². The minimum absolute atomic E-state index is 0.0589. The summed E-state index contributed by atoms with van der Waals surface area (Å²) in [5.41, 5.74) is 3.64. The third-order valence-electron chi connectivity index (χ3n) is 7.63. The van der Waals surface area contributed by atoms with E-state index >= 15 is 0 Å². The van der Waals surface area contributed by atoms with Gasteiger partial charge in [-0.15, -0.1) is 0 Å². The Morgan fingerprint density at radius 3 is 2.67 bits per heavy atom. The highest BCUT2D eigenvalue weighted by Gasteiger charge is 2.55. The van der Waals surface area contributed by atoms with Crippen LogP contribution in [0.15, 0.2) is 42.6 Å². The Morgan fingerprint density at radius 2 is 2.00 bits per heavy atom. The minimum Gasteiger partial charge on any atom is -0.496 e. The van der Waals surface area contributed by atoms with Crippen molar-refractivity contribution >= 4 is 17.4 Å². The van der Waals surface area contributed by atoms with E-state index in [4.69, 9.17) is 9.47 Å². The molecule has 0 radical (unpaired) electrons. The Morgan fingerprint density at radius 1 is 1.24 bits per heavy atom. The van der Waals surface area contributed by atoms with Crippen LogP contribution in [0.2, 0.25) is 0 Å². The number of hydrogen-bond donors (Lipinski definition) is 1. The smallest absolute Gasteiger partial charge is 0.298 e. The second-order valence-electron chi connectivity index (χ2n) is 10.1. The molecule has 1 N–H and O–H groups in total. The number of aromatic amines is 1. The van der Waals surface area contributed by atoms with Crippen molar-refractivity contribution in [1.29, 1.82) is 0 Å². The zero-order valence-electron chi connectivity index (χ0n) is 19.5. The van der Waals surface area contributed by atoms with Gasteiger partial charge in [0, 0.05) is 35.2 Å². The van der Waals surface area contributed by atoms with Crippen molar-refractivity contribution in [3.63, 3.8) is 0 Å². The number of nitrogens with zero attached hydrogens (tertiary/aromatic N) is 1. The molecular formula is C27H31FN2O3. The molecule has 174 valence electrons. The highest BCUT2D eigenvalue weighted by Crippen LogP contribution is 2.60. The quantitative estimate of drug-likeness (QED) is 0.478. The first kappa shape index (κ1) is 22.0. The van der Waals surface area contributed by atoms with Crippen molar-refractivity contribution in [2.75, 3.05) is 13.7 Å². The molecule has 3 aromatic rings. The van der Waals surface area contributed by atoms with E-state index in [9.17, 15) is 9.18 Å². The summed E-state index contributed by atoms with van der Waals surface area (Å²) in [5.74, 6) is 1.42. The maximum atomic E-state index is 14.5. The number of H-pyrrole nitrogens is 1. The molecule has 5 nitrogen and oxygen atoms in total. The molecule has 0 unspecified atom stereocenters. The summed E-state index contributed by atoms with van der Waals surface area (Å²) in [6.45, 7) is 5.91. The Labute approximate surface area is 193 Å². The third-order valence-corrected chi connectivity index (χ3v) is 7.63. The lowest BCUT2D eigenvalue weighted by Crippen LogP contribution is -2.53. The van der Waals surface area contributed by atoms with E-state index in [0.29, 0.717) is 25.1 Å².